The Morgan fingerprint density at radius 3 is 2.58 bits per heavy atom. The van der Waals surface area contributed by atoms with Gasteiger partial charge in [-0.2, -0.15) is 4.31 Å². The smallest absolute Gasteiger partial charge is 0.347 e. The molecule has 2 unspecified atom stereocenters. The van der Waals surface area contributed by atoms with Crippen molar-refractivity contribution >= 4 is 27.3 Å². The molecule has 0 amide bonds. The molecule has 2 atom stereocenters. The zero-order valence-electron chi connectivity index (χ0n) is 11.1. The lowest BCUT2D eigenvalue weighted by Gasteiger charge is -2.21. The summed E-state index contributed by atoms with van der Waals surface area (Å²) in [7, 11) is -3.72. The molecule has 1 N–H and O–H groups in total. The first-order valence-electron chi connectivity index (χ1n) is 6.08. The van der Waals surface area contributed by atoms with Gasteiger partial charge in [-0.05, 0) is 37.1 Å². The van der Waals surface area contributed by atoms with Crippen molar-refractivity contribution in [3.63, 3.8) is 0 Å². The Balaban J connectivity index is 2.51. The van der Waals surface area contributed by atoms with Gasteiger partial charge in [-0.15, -0.1) is 11.3 Å². The SMILES string of the molecule is Cc1csc(C(=O)O)c1S(=O)(=O)N1CC(C)CC1C. The van der Waals surface area contributed by atoms with Crippen molar-refractivity contribution in [2.24, 2.45) is 5.92 Å². The van der Waals surface area contributed by atoms with Crippen LogP contribution in [0.25, 0.3) is 0 Å². The largest absolute Gasteiger partial charge is 0.477 e. The Bertz CT molecular complexity index is 605. The molecule has 1 saturated heterocycles. The quantitative estimate of drug-likeness (QED) is 0.928. The van der Waals surface area contributed by atoms with Crippen LogP contribution in [0.3, 0.4) is 0 Å². The van der Waals surface area contributed by atoms with Crippen LogP contribution in [0.2, 0.25) is 0 Å². The second-order valence-corrected chi connectivity index (χ2v) is 7.85. The summed E-state index contributed by atoms with van der Waals surface area (Å²) in [5, 5.41) is 10.7. The Morgan fingerprint density at radius 1 is 1.47 bits per heavy atom. The molecule has 1 aromatic heterocycles. The molecular formula is C12H17NO4S2. The number of sulfonamides is 1. The summed E-state index contributed by atoms with van der Waals surface area (Å²) in [6, 6.07) is -0.0825. The van der Waals surface area contributed by atoms with E-state index in [9.17, 15) is 13.2 Å². The molecule has 2 heterocycles. The van der Waals surface area contributed by atoms with Gasteiger partial charge in [0, 0.05) is 12.6 Å². The molecule has 5 nitrogen and oxygen atoms in total. The third-order valence-corrected chi connectivity index (χ3v) is 6.79. The highest BCUT2D eigenvalue weighted by Gasteiger charge is 2.39. The summed E-state index contributed by atoms with van der Waals surface area (Å²) in [5.41, 5.74) is 0.508. The summed E-state index contributed by atoms with van der Waals surface area (Å²) in [5.74, 6) is -0.881. The van der Waals surface area contributed by atoms with Crippen LogP contribution in [0, 0.1) is 12.8 Å². The van der Waals surface area contributed by atoms with E-state index in [-0.39, 0.29) is 15.8 Å². The maximum Gasteiger partial charge on any atom is 0.347 e. The molecule has 2 rings (SSSR count). The first-order valence-corrected chi connectivity index (χ1v) is 8.40. The van der Waals surface area contributed by atoms with Crippen LogP contribution in [-0.4, -0.2) is 36.4 Å². The molecule has 1 aliphatic rings. The average Bonchev–Trinajstić information content (AvgIpc) is 2.82. The van der Waals surface area contributed by atoms with E-state index >= 15 is 0 Å². The van der Waals surface area contributed by atoms with E-state index in [1.165, 1.54) is 4.31 Å². The molecule has 19 heavy (non-hydrogen) atoms. The number of aromatic carboxylic acids is 1. The van der Waals surface area contributed by atoms with Crippen molar-refractivity contribution in [2.75, 3.05) is 6.54 Å². The van der Waals surface area contributed by atoms with E-state index < -0.39 is 16.0 Å². The fourth-order valence-corrected chi connectivity index (χ4v) is 5.96. The molecule has 0 bridgehead atoms. The molecule has 1 fully saturated rings. The van der Waals surface area contributed by atoms with E-state index in [0.717, 1.165) is 17.8 Å². The number of nitrogens with zero attached hydrogens (tertiary/aromatic N) is 1. The fourth-order valence-electron chi connectivity index (χ4n) is 2.62. The molecule has 0 saturated carbocycles. The number of hydrogen-bond acceptors (Lipinski definition) is 4. The number of carbonyl (C=O) groups is 1. The second kappa shape index (κ2) is 4.88. The number of hydrogen-bond donors (Lipinski definition) is 1. The van der Waals surface area contributed by atoms with Gasteiger partial charge in [0.05, 0.1) is 0 Å². The predicted molar refractivity (Wildman–Crippen MR) is 73.2 cm³/mol. The first-order chi connectivity index (χ1) is 8.75. The number of thiophene rings is 1. The second-order valence-electron chi connectivity index (χ2n) is 5.15. The fraction of sp³-hybridized carbons (Fsp3) is 0.583. The van der Waals surface area contributed by atoms with Gasteiger partial charge in [0.1, 0.15) is 9.77 Å². The normalized spacial score (nSPS) is 24.8. The standard InChI is InChI=1S/C12H17NO4S2/c1-7-4-9(3)13(5-7)19(16,17)11-8(2)6-18-10(11)12(14)15/h6-7,9H,4-5H2,1-3H3,(H,14,15). The number of carboxylic acid groups (broad SMARTS) is 1. The lowest BCUT2D eigenvalue weighted by atomic mass is 10.1. The molecule has 0 spiro atoms. The zero-order chi connectivity index (χ0) is 14.4. The highest BCUT2D eigenvalue weighted by atomic mass is 32.2. The topological polar surface area (TPSA) is 74.7 Å². The van der Waals surface area contributed by atoms with Crippen molar-refractivity contribution in [2.45, 2.75) is 38.1 Å². The Labute approximate surface area is 116 Å². The van der Waals surface area contributed by atoms with Gasteiger partial charge in [0.25, 0.3) is 0 Å². The lowest BCUT2D eigenvalue weighted by Crippen LogP contribution is -2.34. The maximum atomic E-state index is 12.7. The van der Waals surface area contributed by atoms with Crippen molar-refractivity contribution < 1.29 is 18.3 Å². The molecule has 106 valence electrons. The Kier molecular flexibility index (Phi) is 3.72. The van der Waals surface area contributed by atoms with Crippen LogP contribution < -0.4 is 0 Å². The summed E-state index contributed by atoms with van der Waals surface area (Å²) in [6.07, 6.45) is 0.810. The van der Waals surface area contributed by atoms with Crippen molar-refractivity contribution in [3.8, 4) is 0 Å². The molecule has 0 aromatic carbocycles. The molecular weight excluding hydrogens is 286 g/mol. The predicted octanol–water partition coefficient (Wildman–Crippen LogP) is 2.17. The third kappa shape index (κ3) is 2.42. The number of rotatable bonds is 3. The van der Waals surface area contributed by atoms with Gasteiger partial charge in [0.2, 0.25) is 10.0 Å². The van der Waals surface area contributed by atoms with E-state index in [2.05, 4.69) is 0 Å². The van der Waals surface area contributed by atoms with Crippen LogP contribution in [0.4, 0.5) is 0 Å². The summed E-state index contributed by atoms with van der Waals surface area (Å²) >= 11 is 0.967. The average molecular weight is 303 g/mol. The number of aryl methyl sites for hydroxylation is 1. The van der Waals surface area contributed by atoms with Gasteiger partial charge < -0.3 is 5.11 Å². The van der Waals surface area contributed by atoms with Gasteiger partial charge in [-0.3, -0.25) is 0 Å². The molecule has 7 heteroatoms. The highest BCUT2D eigenvalue weighted by molar-refractivity contribution is 7.89. The van der Waals surface area contributed by atoms with E-state index in [4.69, 9.17) is 5.11 Å². The molecule has 1 aromatic rings. The third-order valence-electron chi connectivity index (χ3n) is 3.41. The minimum Gasteiger partial charge on any atom is -0.477 e. The van der Waals surface area contributed by atoms with Crippen LogP contribution in [0.5, 0.6) is 0 Å². The maximum absolute atomic E-state index is 12.7. The van der Waals surface area contributed by atoms with Gasteiger partial charge in [-0.1, -0.05) is 6.92 Å². The van der Waals surface area contributed by atoms with Gasteiger partial charge in [-0.25, -0.2) is 13.2 Å². The van der Waals surface area contributed by atoms with Gasteiger partial charge in [0.15, 0.2) is 0 Å². The van der Waals surface area contributed by atoms with E-state index in [1.54, 1.807) is 12.3 Å². The van der Waals surface area contributed by atoms with Crippen LogP contribution in [0.15, 0.2) is 10.3 Å². The zero-order valence-corrected chi connectivity index (χ0v) is 12.7. The molecule has 0 radical (unpaired) electrons. The number of carboxylic acids is 1. The van der Waals surface area contributed by atoms with Crippen LogP contribution in [-0.2, 0) is 10.0 Å². The van der Waals surface area contributed by atoms with Crippen LogP contribution >= 0.6 is 11.3 Å². The summed E-state index contributed by atoms with van der Waals surface area (Å²) < 4.78 is 26.8. The van der Waals surface area contributed by atoms with E-state index in [1.807, 2.05) is 13.8 Å². The van der Waals surface area contributed by atoms with E-state index in [0.29, 0.717) is 18.0 Å². The summed E-state index contributed by atoms with van der Waals surface area (Å²) in [4.78, 5) is 11.0. The molecule has 1 aliphatic heterocycles. The first kappa shape index (κ1) is 14.5. The Morgan fingerprint density at radius 2 is 2.11 bits per heavy atom. The Hall–Kier alpha value is -0.920. The van der Waals surface area contributed by atoms with Crippen molar-refractivity contribution in [1.82, 2.24) is 4.31 Å². The summed E-state index contributed by atoms with van der Waals surface area (Å²) in [6.45, 7) is 5.96. The molecule has 0 aliphatic carbocycles. The highest BCUT2D eigenvalue weighted by Crippen LogP contribution is 2.34. The van der Waals surface area contributed by atoms with Gasteiger partial charge >= 0.3 is 5.97 Å². The van der Waals surface area contributed by atoms with Crippen molar-refractivity contribution in [1.29, 1.82) is 0 Å². The monoisotopic (exact) mass is 303 g/mol. The minimum atomic E-state index is -3.72. The van der Waals surface area contributed by atoms with Crippen LogP contribution in [0.1, 0.15) is 35.5 Å². The lowest BCUT2D eigenvalue weighted by molar-refractivity contribution is 0.0698. The van der Waals surface area contributed by atoms with Crippen molar-refractivity contribution in [3.05, 3.63) is 15.8 Å². The minimum absolute atomic E-state index is 0.0362.